The van der Waals surface area contributed by atoms with Crippen molar-refractivity contribution >= 4 is 38.3 Å². The van der Waals surface area contributed by atoms with Crippen molar-refractivity contribution in [3.8, 4) is 5.75 Å². The molecule has 1 saturated heterocycles. The summed E-state index contributed by atoms with van der Waals surface area (Å²) in [6.07, 6.45) is -1.09. The number of urea groups is 1. The fourth-order valence-electron chi connectivity index (χ4n) is 5.88. The van der Waals surface area contributed by atoms with E-state index in [4.69, 9.17) is 4.74 Å². The Morgan fingerprint density at radius 3 is 2.29 bits per heavy atom. The van der Waals surface area contributed by atoms with Gasteiger partial charge in [-0.05, 0) is 54.2 Å². The van der Waals surface area contributed by atoms with Gasteiger partial charge in [0.1, 0.15) is 11.8 Å². The molecular weight excluding hydrogens is 671 g/mol. The molecule has 49 heavy (non-hydrogen) atoms. The highest BCUT2D eigenvalue weighted by Crippen LogP contribution is 2.28. The van der Waals surface area contributed by atoms with Crippen molar-refractivity contribution in [1.29, 1.82) is 0 Å². The molecule has 4 rings (SSSR count). The quantitative estimate of drug-likeness (QED) is 0.154. The van der Waals surface area contributed by atoms with Gasteiger partial charge >= 0.3 is 11.0 Å². The van der Waals surface area contributed by atoms with Crippen LogP contribution in [0.1, 0.15) is 38.1 Å². The van der Waals surface area contributed by atoms with Gasteiger partial charge in [0.05, 0.1) is 35.6 Å². The molecule has 0 spiro atoms. The van der Waals surface area contributed by atoms with E-state index in [1.807, 2.05) is 58.0 Å². The number of carbonyl (C=O) groups excluding carboxylic acids is 2. The number of rotatable bonds is 17. The molecule has 0 radical (unpaired) electrons. The van der Waals surface area contributed by atoms with E-state index in [1.54, 1.807) is 23.1 Å². The van der Waals surface area contributed by atoms with E-state index in [1.165, 1.54) is 34.5 Å². The van der Waals surface area contributed by atoms with Gasteiger partial charge in [-0.2, -0.15) is 4.31 Å². The van der Waals surface area contributed by atoms with Crippen molar-refractivity contribution in [2.24, 2.45) is 11.8 Å². The van der Waals surface area contributed by atoms with Crippen LogP contribution in [0.4, 0.5) is 9.80 Å². The lowest BCUT2D eigenvalue weighted by molar-refractivity contribution is -0.380. The molecule has 2 aromatic carbocycles. The van der Waals surface area contributed by atoms with Crippen LogP contribution in [0.15, 0.2) is 71.6 Å². The number of benzene rings is 2. The molecule has 0 unspecified atom stereocenters. The fraction of sp³-hybridized carbons (Fsp3) is 0.471. The van der Waals surface area contributed by atoms with Gasteiger partial charge in [-0.3, -0.25) is 14.9 Å². The van der Waals surface area contributed by atoms with E-state index in [9.17, 15) is 33.2 Å². The molecule has 1 aliphatic heterocycles. The van der Waals surface area contributed by atoms with E-state index in [0.29, 0.717) is 17.2 Å². The molecule has 0 bridgehead atoms. The molecule has 13 nitrogen and oxygen atoms in total. The average Bonchev–Trinajstić information content (AvgIpc) is 3.67. The smallest absolute Gasteiger partial charge is 0.324 e. The summed E-state index contributed by atoms with van der Waals surface area (Å²) in [4.78, 5) is 42.0. The van der Waals surface area contributed by atoms with Gasteiger partial charge in [0.15, 0.2) is 0 Å². The molecule has 0 aliphatic carbocycles. The summed E-state index contributed by atoms with van der Waals surface area (Å²) in [5.74, 6) is -0.313. The van der Waals surface area contributed by atoms with Crippen LogP contribution in [0.25, 0.3) is 0 Å². The van der Waals surface area contributed by atoms with Crippen LogP contribution in [0.2, 0.25) is 0 Å². The Morgan fingerprint density at radius 2 is 1.71 bits per heavy atom. The summed E-state index contributed by atoms with van der Waals surface area (Å²) in [5.41, 5.74) is 0.829. The second-order valence-corrected chi connectivity index (χ2v) is 15.9. The number of amides is 3. The number of hydrogen-bond acceptors (Lipinski definition) is 9. The molecule has 1 aromatic heterocycles. The number of nitrogens with one attached hydrogen (secondary N) is 1. The van der Waals surface area contributed by atoms with Crippen LogP contribution < -0.4 is 10.1 Å². The largest absolute Gasteiger partial charge is 0.497 e. The summed E-state index contributed by atoms with van der Waals surface area (Å²) in [7, 11) is -2.53. The predicted octanol–water partition coefficient (Wildman–Crippen LogP) is 4.36. The van der Waals surface area contributed by atoms with E-state index in [2.05, 4.69) is 5.32 Å². The molecule has 3 amide bonds. The lowest BCUT2D eigenvalue weighted by Gasteiger charge is -2.34. The minimum Gasteiger partial charge on any atom is -0.497 e. The Balaban J connectivity index is 1.56. The molecule has 15 heteroatoms. The highest BCUT2D eigenvalue weighted by molar-refractivity contribution is 7.89. The van der Waals surface area contributed by atoms with Crippen molar-refractivity contribution in [3.05, 3.63) is 87.3 Å². The number of thiophene rings is 1. The van der Waals surface area contributed by atoms with E-state index >= 15 is 0 Å². The molecule has 1 aliphatic rings. The third-order valence-electron chi connectivity index (χ3n) is 8.28. The third kappa shape index (κ3) is 9.56. The van der Waals surface area contributed by atoms with Crippen molar-refractivity contribution in [2.75, 3.05) is 33.3 Å². The SMILES string of the molecule is COc1ccc(S(=O)(=O)N(CC(C)C)C[C@@H](O)[C@H](Cc2ccccc2)NC(=O)[C@H](C(C)C)N2CCN(Cc3ccc([N+](=O)[O-])s3)C2=O)cc1. The molecular formula is C34H45N5O8S2. The maximum absolute atomic E-state index is 14.1. The van der Waals surface area contributed by atoms with Crippen LogP contribution in [-0.2, 0) is 27.8 Å². The first-order chi connectivity index (χ1) is 23.2. The third-order valence-corrected chi connectivity index (χ3v) is 11.2. The van der Waals surface area contributed by atoms with Crippen LogP contribution in [0, 0.1) is 22.0 Å². The molecule has 2 N–H and O–H groups in total. The number of carbonyl (C=O) groups is 2. The van der Waals surface area contributed by atoms with E-state index in [-0.39, 0.29) is 60.4 Å². The molecule has 0 saturated carbocycles. The summed E-state index contributed by atoms with van der Waals surface area (Å²) in [5, 5.41) is 25.8. The highest BCUT2D eigenvalue weighted by atomic mass is 32.2. The first kappa shape index (κ1) is 37.8. The van der Waals surface area contributed by atoms with Gasteiger partial charge < -0.3 is 25.0 Å². The number of methoxy groups -OCH3 is 1. The summed E-state index contributed by atoms with van der Waals surface area (Å²) in [6.45, 7) is 8.09. The summed E-state index contributed by atoms with van der Waals surface area (Å²) >= 11 is 1.00. The van der Waals surface area contributed by atoms with Crippen molar-refractivity contribution in [2.45, 2.75) is 63.7 Å². The van der Waals surface area contributed by atoms with Gasteiger partial charge in [-0.25, -0.2) is 13.2 Å². The second-order valence-electron chi connectivity index (χ2n) is 12.8. The fourth-order valence-corrected chi connectivity index (χ4v) is 8.34. The standard InChI is InChI=1S/C34H45N5O8S2/c1-23(2)20-37(49(45,46)28-14-11-26(47-5)12-15-28)22-30(40)29(19-25-9-7-6-8-10-25)35-33(41)32(24(3)4)38-18-17-36(34(38)42)21-27-13-16-31(48-27)39(43)44/h6-16,23-24,29-30,32,40H,17-22H2,1-5H3,(H,35,41)/t29-,30+,32-/m0/s1. The van der Waals surface area contributed by atoms with E-state index in [0.717, 1.165) is 16.9 Å². The first-order valence-corrected chi connectivity index (χ1v) is 18.4. The Labute approximate surface area is 291 Å². The maximum atomic E-state index is 14.1. The number of hydrogen-bond donors (Lipinski definition) is 2. The second kappa shape index (κ2) is 16.6. The molecule has 3 atom stereocenters. The van der Waals surface area contributed by atoms with Crippen LogP contribution in [0.5, 0.6) is 5.75 Å². The zero-order chi connectivity index (χ0) is 35.9. The predicted molar refractivity (Wildman–Crippen MR) is 187 cm³/mol. The minimum absolute atomic E-state index is 0.00953. The summed E-state index contributed by atoms with van der Waals surface area (Å²) in [6, 6.07) is 16.2. The van der Waals surface area contributed by atoms with Crippen LogP contribution >= 0.6 is 11.3 Å². The number of sulfonamides is 1. The topological polar surface area (TPSA) is 163 Å². The molecule has 266 valence electrons. The summed E-state index contributed by atoms with van der Waals surface area (Å²) < 4.78 is 34.1. The van der Waals surface area contributed by atoms with Crippen molar-refractivity contribution < 1.29 is 32.8 Å². The Kier molecular flexibility index (Phi) is 12.8. The maximum Gasteiger partial charge on any atom is 0.324 e. The number of ether oxygens (including phenoxy) is 1. The lowest BCUT2D eigenvalue weighted by Crippen LogP contribution is -2.57. The Morgan fingerprint density at radius 1 is 1.04 bits per heavy atom. The van der Waals surface area contributed by atoms with Crippen molar-refractivity contribution in [1.82, 2.24) is 19.4 Å². The average molecular weight is 716 g/mol. The van der Waals surface area contributed by atoms with Gasteiger partial charge in [0, 0.05) is 37.1 Å². The highest BCUT2D eigenvalue weighted by Gasteiger charge is 2.40. The van der Waals surface area contributed by atoms with Gasteiger partial charge in [-0.1, -0.05) is 69.4 Å². The van der Waals surface area contributed by atoms with Gasteiger partial charge in [0.25, 0.3) is 0 Å². The number of aliphatic hydroxyl groups is 1. The monoisotopic (exact) mass is 715 g/mol. The lowest BCUT2D eigenvalue weighted by atomic mass is 9.97. The number of aliphatic hydroxyl groups excluding tert-OH is 1. The molecule has 3 aromatic rings. The van der Waals surface area contributed by atoms with E-state index < -0.39 is 39.0 Å². The Hall–Kier alpha value is -4.05. The molecule has 2 heterocycles. The first-order valence-electron chi connectivity index (χ1n) is 16.2. The molecule has 1 fully saturated rings. The van der Waals surface area contributed by atoms with Crippen molar-refractivity contribution in [3.63, 3.8) is 0 Å². The zero-order valence-electron chi connectivity index (χ0n) is 28.4. The number of nitro groups is 1. The van der Waals surface area contributed by atoms with Gasteiger partial charge in [-0.15, -0.1) is 0 Å². The van der Waals surface area contributed by atoms with Crippen LogP contribution in [0.3, 0.4) is 0 Å². The van der Waals surface area contributed by atoms with Crippen LogP contribution in [-0.4, -0.2) is 96.0 Å². The minimum atomic E-state index is -4.03. The Bertz CT molecular complexity index is 1680. The zero-order valence-corrected chi connectivity index (χ0v) is 30.0. The normalized spacial score (nSPS) is 15.6. The number of nitrogens with zero attached hydrogens (tertiary/aromatic N) is 4. The van der Waals surface area contributed by atoms with Gasteiger partial charge in [0.2, 0.25) is 15.9 Å².